The molecule has 1 amide bonds. The van der Waals surface area contributed by atoms with Gasteiger partial charge >= 0.3 is 0 Å². The minimum atomic E-state index is -0.217. The number of nitrogens with zero attached hydrogens (tertiary/aromatic N) is 1. The van der Waals surface area contributed by atoms with Gasteiger partial charge in [0, 0.05) is 5.56 Å². The molecule has 2 aromatic rings. The van der Waals surface area contributed by atoms with Crippen LogP contribution in [0.1, 0.15) is 23.7 Å². The largest absolute Gasteiger partial charge is 0.493 e. The van der Waals surface area contributed by atoms with Crippen molar-refractivity contribution in [1.82, 2.24) is 5.16 Å². The predicted octanol–water partition coefficient (Wildman–Crippen LogP) is 2.75. The van der Waals surface area contributed by atoms with Crippen LogP contribution in [0.15, 0.2) is 16.7 Å². The second-order valence-corrected chi connectivity index (χ2v) is 5.20. The van der Waals surface area contributed by atoms with E-state index in [1.54, 1.807) is 12.1 Å². The van der Waals surface area contributed by atoms with Gasteiger partial charge in [0.1, 0.15) is 0 Å². The van der Waals surface area contributed by atoms with Gasteiger partial charge in [-0.25, -0.2) is 0 Å². The van der Waals surface area contributed by atoms with Crippen LogP contribution in [-0.4, -0.2) is 32.4 Å². The molecule has 24 heavy (non-hydrogen) atoms. The van der Waals surface area contributed by atoms with Gasteiger partial charge in [-0.15, -0.1) is 0 Å². The van der Waals surface area contributed by atoms with Gasteiger partial charge in [0.25, 0.3) is 0 Å². The number of hydrogen-bond donors (Lipinski definition) is 1. The number of benzene rings is 1. The van der Waals surface area contributed by atoms with Crippen LogP contribution in [0.5, 0.6) is 17.2 Å². The number of aromatic nitrogens is 1. The number of hydrogen-bond acceptors (Lipinski definition) is 6. The second-order valence-electron chi connectivity index (χ2n) is 5.20. The molecule has 130 valence electrons. The van der Waals surface area contributed by atoms with Crippen LogP contribution >= 0.6 is 0 Å². The maximum absolute atomic E-state index is 12.3. The van der Waals surface area contributed by atoms with Crippen LogP contribution in [0.4, 0.5) is 5.88 Å². The van der Waals surface area contributed by atoms with Crippen molar-refractivity contribution in [2.24, 2.45) is 0 Å². The third-order valence-electron chi connectivity index (χ3n) is 3.70. The summed E-state index contributed by atoms with van der Waals surface area (Å²) < 4.78 is 21.0. The lowest BCUT2D eigenvalue weighted by molar-refractivity contribution is -0.115. The van der Waals surface area contributed by atoms with Crippen molar-refractivity contribution in [3.05, 3.63) is 29.0 Å². The van der Waals surface area contributed by atoms with Gasteiger partial charge in [0.05, 0.1) is 33.4 Å². The van der Waals surface area contributed by atoms with Crippen molar-refractivity contribution < 1.29 is 23.5 Å². The zero-order chi connectivity index (χ0) is 17.7. The van der Waals surface area contributed by atoms with Gasteiger partial charge in [0.2, 0.25) is 17.5 Å². The summed E-state index contributed by atoms with van der Waals surface area (Å²) in [5.41, 5.74) is 2.41. The second kappa shape index (κ2) is 7.72. The Morgan fingerprint density at radius 2 is 1.79 bits per heavy atom. The minimum Gasteiger partial charge on any atom is -0.493 e. The maximum atomic E-state index is 12.3. The van der Waals surface area contributed by atoms with E-state index in [1.165, 1.54) is 21.3 Å². The Kier molecular flexibility index (Phi) is 5.68. The van der Waals surface area contributed by atoms with Crippen molar-refractivity contribution >= 4 is 11.8 Å². The number of nitrogens with one attached hydrogen (secondary N) is 1. The van der Waals surface area contributed by atoms with Crippen LogP contribution in [0.3, 0.4) is 0 Å². The van der Waals surface area contributed by atoms with E-state index in [2.05, 4.69) is 10.5 Å². The number of ether oxygens (including phenoxy) is 3. The molecule has 1 aromatic heterocycles. The van der Waals surface area contributed by atoms with E-state index in [9.17, 15) is 4.79 Å². The summed E-state index contributed by atoms with van der Waals surface area (Å²) in [6.07, 6.45) is 0.885. The highest BCUT2D eigenvalue weighted by Crippen LogP contribution is 2.38. The van der Waals surface area contributed by atoms with Crippen LogP contribution in [-0.2, 0) is 17.6 Å². The zero-order valence-electron chi connectivity index (χ0n) is 14.6. The average molecular weight is 334 g/mol. The Morgan fingerprint density at radius 3 is 2.25 bits per heavy atom. The van der Waals surface area contributed by atoms with Crippen LogP contribution in [0.25, 0.3) is 0 Å². The fourth-order valence-electron chi connectivity index (χ4n) is 2.41. The molecule has 0 aliphatic heterocycles. The average Bonchev–Trinajstić information content (AvgIpc) is 2.93. The minimum absolute atomic E-state index is 0.137. The predicted molar refractivity (Wildman–Crippen MR) is 89.0 cm³/mol. The fraction of sp³-hybridized carbons (Fsp3) is 0.412. The van der Waals surface area contributed by atoms with E-state index in [4.69, 9.17) is 18.7 Å². The summed E-state index contributed by atoms with van der Waals surface area (Å²) in [6, 6.07) is 3.48. The van der Waals surface area contributed by atoms with Crippen molar-refractivity contribution in [3.8, 4) is 17.2 Å². The van der Waals surface area contributed by atoms with Crippen molar-refractivity contribution in [3.63, 3.8) is 0 Å². The molecule has 0 saturated carbocycles. The molecule has 1 N–H and O–H groups in total. The number of carbonyl (C=O) groups is 1. The molecule has 0 aliphatic carbocycles. The van der Waals surface area contributed by atoms with Gasteiger partial charge in [-0.05, 0) is 31.0 Å². The number of methoxy groups -OCH3 is 3. The first-order chi connectivity index (χ1) is 11.5. The molecule has 0 atom stereocenters. The van der Waals surface area contributed by atoms with E-state index in [0.29, 0.717) is 23.1 Å². The van der Waals surface area contributed by atoms with E-state index in [-0.39, 0.29) is 12.3 Å². The normalized spacial score (nSPS) is 10.4. The summed E-state index contributed by atoms with van der Waals surface area (Å²) in [5, 5.41) is 6.66. The lowest BCUT2D eigenvalue weighted by Crippen LogP contribution is -2.15. The third kappa shape index (κ3) is 3.61. The van der Waals surface area contributed by atoms with E-state index >= 15 is 0 Å². The van der Waals surface area contributed by atoms with Gasteiger partial charge < -0.3 is 18.7 Å². The number of aryl methyl sites for hydroxylation is 1. The quantitative estimate of drug-likeness (QED) is 0.838. The number of rotatable bonds is 7. The van der Waals surface area contributed by atoms with E-state index in [1.807, 2.05) is 13.8 Å². The highest BCUT2D eigenvalue weighted by atomic mass is 16.5. The fourth-order valence-corrected chi connectivity index (χ4v) is 2.41. The molecular weight excluding hydrogens is 312 g/mol. The van der Waals surface area contributed by atoms with Crippen molar-refractivity contribution in [1.29, 1.82) is 0 Å². The molecule has 0 radical (unpaired) electrons. The highest BCUT2D eigenvalue weighted by Gasteiger charge is 2.17. The highest BCUT2D eigenvalue weighted by molar-refractivity contribution is 5.91. The molecule has 0 fully saturated rings. The Morgan fingerprint density at radius 1 is 1.17 bits per heavy atom. The summed E-state index contributed by atoms with van der Waals surface area (Å²) in [5.74, 6) is 1.66. The van der Waals surface area contributed by atoms with Crippen molar-refractivity contribution in [2.75, 3.05) is 26.6 Å². The third-order valence-corrected chi connectivity index (χ3v) is 3.70. The topological polar surface area (TPSA) is 82.8 Å². The molecule has 0 aliphatic rings. The SMILES string of the molecule is CCc1noc(NC(=O)Cc2cc(OC)c(OC)c(OC)c2)c1C. The molecule has 1 aromatic carbocycles. The molecule has 0 unspecified atom stereocenters. The summed E-state index contributed by atoms with van der Waals surface area (Å²) in [6.45, 7) is 3.84. The lowest BCUT2D eigenvalue weighted by Gasteiger charge is -2.14. The summed E-state index contributed by atoms with van der Waals surface area (Å²) in [7, 11) is 4.60. The zero-order valence-corrected chi connectivity index (χ0v) is 14.6. The smallest absolute Gasteiger partial charge is 0.234 e. The first-order valence-corrected chi connectivity index (χ1v) is 7.57. The number of anilines is 1. The molecule has 0 bridgehead atoms. The van der Waals surface area contributed by atoms with Gasteiger partial charge in [-0.1, -0.05) is 12.1 Å². The van der Waals surface area contributed by atoms with Gasteiger partial charge in [-0.3, -0.25) is 10.1 Å². The van der Waals surface area contributed by atoms with Crippen LogP contribution in [0, 0.1) is 6.92 Å². The molecule has 1 heterocycles. The monoisotopic (exact) mass is 334 g/mol. The lowest BCUT2D eigenvalue weighted by atomic mass is 10.1. The first kappa shape index (κ1) is 17.7. The van der Waals surface area contributed by atoms with E-state index in [0.717, 1.165) is 23.2 Å². The Labute approximate surface area is 140 Å². The summed E-state index contributed by atoms with van der Waals surface area (Å²) in [4.78, 5) is 12.3. The van der Waals surface area contributed by atoms with Crippen LogP contribution < -0.4 is 19.5 Å². The molecule has 7 nitrogen and oxygen atoms in total. The molecule has 0 saturated heterocycles. The standard InChI is InChI=1S/C17H22N2O5/c1-6-12-10(2)17(24-19-12)18-15(20)9-11-7-13(21-3)16(23-5)14(8-11)22-4/h7-8H,6,9H2,1-5H3,(H,18,20). The van der Waals surface area contributed by atoms with Gasteiger partial charge in [0.15, 0.2) is 11.5 Å². The number of carbonyl (C=O) groups excluding carboxylic acids is 1. The number of amides is 1. The Bertz CT molecular complexity index is 699. The van der Waals surface area contributed by atoms with Crippen molar-refractivity contribution in [2.45, 2.75) is 26.7 Å². The van der Waals surface area contributed by atoms with Gasteiger partial charge in [-0.2, -0.15) is 0 Å². The molecular formula is C17H22N2O5. The summed E-state index contributed by atoms with van der Waals surface area (Å²) >= 11 is 0. The Balaban J connectivity index is 2.17. The molecule has 0 spiro atoms. The molecule has 2 rings (SSSR count). The molecule has 7 heteroatoms. The maximum Gasteiger partial charge on any atom is 0.234 e. The first-order valence-electron chi connectivity index (χ1n) is 7.57. The van der Waals surface area contributed by atoms with Crippen LogP contribution in [0.2, 0.25) is 0 Å². The Hall–Kier alpha value is -2.70. The van der Waals surface area contributed by atoms with E-state index < -0.39 is 0 Å².